The highest BCUT2D eigenvalue weighted by Crippen LogP contribution is 2.37. The van der Waals surface area contributed by atoms with Gasteiger partial charge in [-0.3, -0.25) is 9.59 Å². The van der Waals surface area contributed by atoms with E-state index in [1.165, 1.54) is 18.2 Å². The number of halogens is 2. The van der Waals surface area contributed by atoms with Crippen molar-refractivity contribution >= 4 is 34.8 Å². The third kappa shape index (κ3) is 5.76. The average Bonchev–Trinajstić information content (AvgIpc) is 2.76. The van der Waals surface area contributed by atoms with Crippen molar-refractivity contribution in [3.8, 4) is 11.5 Å². The van der Waals surface area contributed by atoms with Gasteiger partial charge in [0.1, 0.15) is 17.3 Å². The molecule has 3 rings (SSSR count). The minimum atomic E-state index is -0.517. The first-order valence-corrected chi connectivity index (χ1v) is 10.4. The molecule has 0 saturated carbocycles. The van der Waals surface area contributed by atoms with E-state index < -0.39 is 11.7 Å². The second-order valence-electron chi connectivity index (χ2n) is 6.64. The highest BCUT2D eigenvalue weighted by atomic mass is 35.5. The molecule has 8 heteroatoms. The fourth-order valence-corrected chi connectivity index (χ4v) is 3.14. The van der Waals surface area contributed by atoms with Gasteiger partial charge in [-0.1, -0.05) is 23.7 Å². The normalized spacial score (nSPS) is 10.4. The molecule has 0 aliphatic carbocycles. The van der Waals surface area contributed by atoms with Gasteiger partial charge in [0.05, 0.1) is 24.6 Å². The molecule has 0 unspecified atom stereocenters. The SMILES string of the molecule is CCOc1cc(NC(=O)c2cccc(Cl)c2)c(OCC)cc1NC(=O)c1cccc(F)c1. The van der Waals surface area contributed by atoms with E-state index in [2.05, 4.69) is 10.6 Å². The molecule has 0 aliphatic rings. The van der Waals surface area contributed by atoms with E-state index in [1.54, 1.807) is 50.2 Å². The summed E-state index contributed by atoms with van der Waals surface area (Å²) in [5, 5.41) is 5.95. The highest BCUT2D eigenvalue weighted by Gasteiger charge is 2.18. The van der Waals surface area contributed by atoms with Gasteiger partial charge >= 0.3 is 0 Å². The van der Waals surface area contributed by atoms with E-state index >= 15 is 0 Å². The summed E-state index contributed by atoms with van der Waals surface area (Å²) in [6, 6.07) is 15.0. The van der Waals surface area contributed by atoms with Gasteiger partial charge in [-0.25, -0.2) is 4.39 Å². The van der Waals surface area contributed by atoms with Crippen molar-refractivity contribution in [3.63, 3.8) is 0 Å². The van der Waals surface area contributed by atoms with Crippen LogP contribution >= 0.6 is 11.6 Å². The number of carbonyl (C=O) groups excluding carboxylic acids is 2. The maximum absolute atomic E-state index is 13.5. The largest absolute Gasteiger partial charge is 0.492 e. The van der Waals surface area contributed by atoms with Crippen LogP contribution in [0, 0.1) is 5.82 Å². The van der Waals surface area contributed by atoms with Gasteiger partial charge in [-0.05, 0) is 50.2 Å². The predicted molar refractivity (Wildman–Crippen MR) is 123 cm³/mol. The van der Waals surface area contributed by atoms with Gasteiger partial charge in [0, 0.05) is 28.3 Å². The second kappa shape index (κ2) is 10.6. The minimum Gasteiger partial charge on any atom is -0.492 e. The molecule has 0 radical (unpaired) electrons. The van der Waals surface area contributed by atoms with Crippen LogP contribution in [0.5, 0.6) is 11.5 Å². The first-order chi connectivity index (χ1) is 15.4. The van der Waals surface area contributed by atoms with E-state index in [4.69, 9.17) is 21.1 Å². The van der Waals surface area contributed by atoms with Gasteiger partial charge in [0.15, 0.2) is 0 Å². The summed E-state index contributed by atoms with van der Waals surface area (Å²) >= 11 is 5.98. The Labute approximate surface area is 190 Å². The molecule has 32 heavy (non-hydrogen) atoms. The molecule has 0 aromatic heterocycles. The monoisotopic (exact) mass is 456 g/mol. The van der Waals surface area contributed by atoms with E-state index in [-0.39, 0.29) is 11.5 Å². The summed E-state index contributed by atoms with van der Waals surface area (Å²) in [5.41, 5.74) is 1.22. The van der Waals surface area contributed by atoms with Crippen molar-refractivity contribution in [2.45, 2.75) is 13.8 Å². The van der Waals surface area contributed by atoms with Crippen LogP contribution in [0.25, 0.3) is 0 Å². The molecule has 0 aliphatic heterocycles. The van der Waals surface area contributed by atoms with Crippen molar-refractivity contribution in [2.75, 3.05) is 23.8 Å². The third-order valence-electron chi connectivity index (χ3n) is 4.35. The molecule has 2 amide bonds. The summed E-state index contributed by atoms with van der Waals surface area (Å²) in [6.07, 6.45) is 0. The Bertz CT molecular complexity index is 1050. The Balaban J connectivity index is 1.94. The van der Waals surface area contributed by atoms with Crippen molar-refractivity contribution in [3.05, 3.63) is 82.6 Å². The Morgan fingerprint density at radius 2 is 1.31 bits per heavy atom. The number of hydrogen-bond donors (Lipinski definition) is 2. The van der Waals surface area contributed by atoms with Gasteiger partial charge in [-0.2, -0.15) is 0 Å². The van der Waals surface area contributed by atoms with Crippen molar-refractivity contribution in [1.29, 1.82) is 0 Å². The molecule has 0 bridgehead atoms. The van der Waals surface area contributed by atoms with E-state index in [0.717, 1.165) is 6.07 Å². The molecule has 0 spiro atoms. The van der Waals surface area contributed by atoms with Crippen molar-refractivity contribution in [1.82, 2.24) is 0 Å². The molecule has 3 aromatic carbocycles. The first kappa shape index (κ1) is 23.1. The fraction of sp³-hybridized carbons (Fsp3) is 0.167. The van der Waals surface area contributed by atoms with Crippen molar-refractivity contribution in [2.24, 2.45) is 0 Å². The lowest BCUT2D eigenvalue weighted by Gasteiger charge is -2.18. The van der Waals surface area contributed by atoms with Crippen LogP contribution in [0.4, 0.5) is 15.8 Å². The summed E-state index contributed by atoms with van der Waals surface area (Å²) < 4.78 is 24.8. The number of amides is 2. The van der Waals surface area contributed by atoms with Crippen LogP contribution in [0.3, 0.4) is 0 Å². The molecule has 3 aromatic rings. The Kier molecular flexibility index (Phi) is 7.68. The van der Waals surface area contributed by atoms with Crippen LogP contribution < -0.4 is 20.1 Å². The molecule has 2 N–H and O–H groups in total. The number of hydrogen-bond acceptors (Lipinski definition) is 4. The quantitative estimate of drug-likeness (QED) is 0.450. The maximum Gasteiger partial charge on any atom is 0.255 e. The smallest absolute Gasteiger partial charge is 0.255 e. The number of anilines is 2. The standard InChI is InChI=1S/C24H22ClFN2O4/c1-3-31-21-14-20(28-24(30)16-8-6-10-18(26)12-16)22(32-4-2)13-19(21)27-23(29)15-7-5-9-17(25)11-15/h5-14H,3-4H2,1-2H3,(H,27,29)(H,28,30). The first-order valence-electron chi connectivity index (χ1n) is 9.98. The fourth-order valence-electron chi connectivity index (χ4n) is 2.95. The van der Waals surface area contributed by atoms with Crippen LogP contribution in [0.2, 0.25) is 5.02 Å². The lowest BCUT2D eigenvalue weighted by Crippen LogP contribution is -2.16. The Hall–Kier alpha value is -3.58. The molecule has 6 nitrogen and oxygen atoms in total. The van der Waals surface area contributed by atoms with Crippen LogP contribution in [0.1, 0.15) is 34.6 Å². The zero-order valence-corrected chi connectivity index (χ0v) is 18.3. The van der Waals surface area contributed by atoms with E-state index in [1.807, 2.05) is 0 Å². The topological polar surface area (TPSA) is 76.7 Å². The molecule has 0 saturated heterocycles. The molecular formula is C24H22ClFN2O4. The maximum atomic E-state index is 13.5. The third-order valence-corrected chi connectivity index (χ3v) is 4.59. The van der Waals surface area contributed by atoms with Gasteiger partial charge in [0.2, 0.25) is 0 Å². The summed E-state index contributed by atoms with van der Waals surface area (Å²) in [4.78, 5) is 25.3. The van der Waals surface area contributed by atoms with Crippen LogP contribution in [0.15, 0.2) is 60.7 Å². The molecular weight excluding hydrogens is 435 g/mol. The molecule has 0 heterocycles. The van der Waals surface area contributed by atoms with E-state index in [0.29, 0.717) is 46.7 Å². The van der Waals surface area contributed by atoms with Crippen molar-refractivity contribution < 1.29 is 23.5 Å². The molecule has 0 atom stereocenters. The number of nitrogens with one attached hydrogen (secondary N) is 2. The highest BCUT2D eigenvalue weighted by molar-refractivity contribution is 6.31. The second-order valence-corrected chi connectivity index (χ2v) is 7.08. The summed E-state index contributed by atoms with van der Waals surface area (Å²) in [5.74, 6) is -0.754. The van der Waals surface area contributed by atoms with Gasteiger partial charge in [-0.15, -0.1) is 0 Å². The Morgan fingerprint density at radius 1 is 0.812 bits per heavy atom. The summed E-state index contributed by atoms with van der Waals surface area (Å²) in [6.45, 7) is 4.23. The zero-order chi connectivity index (χ0) is 23.1. The molecule has 166 valence electrons. The number of carbonyl (C=O) groups is 2. The van der Waals surface area contributed by atoms with Crippen LogP contribution in [-0.2, 0) is 0 Å². The van der Waals surface area contributed by atoms with Gasteiger partial charge in [0.25, 0.3) is 11.8 Å². The zero-order valence-electron chi connectivity index (χ0n) is 17.6. The van der Waals surface area contributed by atoms with E-state index in [9.17, 15) is 14.0 Å². The predicted octanol–water partition coefficient (Wildman–Crippen LogP) is 5.78. The van der Waals surface area contributed by atoms with Crippen LogP contribution in [-0.4, -0.2) is 25.0 Å². The van der Waals surface area contributed by atoms with Gasteiger partial charge < -0.3 is 20.1 Å². The molecule has 0 fully saturated rings. The number of benzene rings is 3. The lowest BCUT2D eigenvalue weighted by atomic mass is 10.1. The summed E-state index contributed by atoms with van der Waals surface area (Å²) in [7, 11) is 0. The Morgan fingerprint density at radius 3 is 1.78 bits per heavy atom. The average molecular weight is 457 g/mol. The number of ether oxygens (including phenoxy) is 2. The minimum absolute atomic E-state index is 0.156. The lowest BCUT2D eigenvalue weighted by molar-refractivity contribution is 0.101. The number of rotatable bonds is 8.